The van der Waals surface area contributed by atoms with Crippen molar-refractivity contribution in [3.8, 4) is 5.75 Å². The maximum Gasteiger partial charge on any atom is 0.120 e. The van der Waals surface area contributed by atoms with Gasteiger partial charge in [0.25, 0.3) is 0 Å². The lowest BCUT2D eigenvalue weighted by Gasteiger charge is -2.08. The second-order valence-electron chi connectivity index (χ2n) is 2.60. The predicted molar refractivity (Wildman–Crippen MR) is 53.2 cm³/mol. The van der Waals surface area contributed by atoms with Gasteiger partial charge in [-0.25, -0.2) is 0 Å². The molecule has 13 heavy (non-hydrogen) atoms. The summed E-state index contributed by atoms with van der Waals surface area (Å²) in [5.41, 5.74) is 0.680. The van der Waals surface area contributed by atoms with Crippen LogP contribution in [0.4, 0.5) is 0 Å². The number of rotatable bonds is 3. The van der Waals surface area contributed by atoms with Crippen molar-refractivity contribution in [1.29, 1.82) is 0 Å². The van der Waals surface area contributed by atoms with Crippen LogP contribution in [0.25, 0.3) is 0 Å². The fraction of sp³-hybridized carbons (Fsp3) is 0.200. The topological polar surface area (TPSA) is 29.5 Å². The number of halogens is 1. The molecule has 1 aromatic rings. The Hall–Kier alpha value is -0.990. The summed E-state index contributed by atoms with van der Waals surface area (Å²) in [4.78, 5) is 0. The second kappa shape index (κ2) is 4.30. The van der Waals surface area contributed by atoms with Crippen LogP contribution in [0.2, 0.25) is 5.02 Å². The molecule has 0 saturated heterocycles. The van der Waals surface area contributed by atoms with Crippen LogP contribution in [0, 0.1) is 0 Å². The maximum absolute atomic E-state index is 9.44. The van der Waals surface area contributed by atoms with E-state index in [0.717, 1.165) is 0 Å². The highest BCUT2D eigenvalue weighted by Gasteiger charge is 2.05. The number of aliphatic hydroxyl groups is 1. The van der Waals surface area contributed by atoms with E-state index in [0.29, 0.717) is 16.3 Å². The van der Waals surface area contributed by atoms with Gasteiger partial charge in [-0.15, -0.1) is 6.58 Å². The van der Waals surface area contributed by atoms with Crippen molar-refractivity contribution < 1.29 is 9.84 Å². The van der Waals surface area contributed by atoms with Crippen LogP contribution >= 0.6 is 11.6 Å². The molecule has 0 aliphatic heterocycles. The van der Waals surface area contributed by atoms with Crippen molar-refractivity contribution in [2.24, 2.45) is 0 Å². The molecule has 1 unspecified atom stereocenters. The van der Waals surface area contributed by atoms with Crippen molar-refractivity contribution in [1.82, 2.24) is 0 Å². The van der Waals surface area contributed by atoms with Crippen LogP contribution < -0.4 is 4.74 Å². The van der Waals surface area contributed by atoms with E-state index in [1.165, 1.54) is 6.08 Å². The lowest BCUT2D eigenvalue weighted by Crippen LogP contribution is -1.93. The third-order valence-electron chi connectivity index (χ3n) is 1.69. The van der Waals surface area contributed by atoms with Crippen molar-refractivity contribution >= 4 is 11.6 Å². The smallest absolute Gasteiger partial charge is 0.120 e. The zero-order valence-corrected chi connectivity index (χ0v) is 8.08. The van der Waals surface area contributed by atoms with Crippen LogP contribution in [0.1, 0.15) is 11.7 Å². The summed E-state index contributed by atoms with van der Waals surface area (Å²) in [6, 6.07) is 5.08. The molecule has 0 aliphatic rings. The second-order valence-corrected chi connectivity index (χ2v) is 3.04. The molecule has 0 spiro atoms. The van der Waals surface area contributed by atoms with Gasteiger partial charge >= 0.3 is 0 Å². The van der Waals surface area contributed by atoms with Gasteiger partial charge in [0.2, 0.25) is 0 Å². The van der Waals surface area contributed by atoms with E-state index in [2.05, 4.69) is 6.58 Å². The van der Waals surface area contributed by atoms with E-state index >= 15 is 0 Å². The molecular formula is C10H11ClO2. The summed E-state index contributed by atoms with van der Waals surface area (Å²) in [5, 5.41) is 9.98. The largest absolute Gasteiger partial charge is 0.497 e. The van der Waals surface area contributed by atoms with Crippen molar-refractivity contribution in [3.63, 3.8) is 0 Å². The highest BCUT2D eigenvalue weighted by atomic mass is 35.5. The first-order chi connectivity index (χ1) is 6.17. The predicted octanol–water partition coefficient (Wildman–Crippen LogP) is 2.57. The Morgan fingerprint density at radius 2 is 2.23 bits per heavy atom. The molecule has 1 N–H and O–H groups in total. The highest BCUT2D eigenvalue weighted by Crippen LogP contribution is 2.25. The molecule has 2 nitrogen and oxygen atoms in total. The first-order valence-electron chi connectivity index (χ1n) is 3.82. The zero-order valence-electron chi connectivity index (χ0n) is 7.33. The van der Waals surface area contributed by atoms with Crippen molar-refractivity contribution in [2.75, 3.05) is 7.11 Å². The van der Waals surface area contributed by atoms with Gasteiger partial charge in [0.1, 0.15) is 5.75 Å². The van der Waals surface area contributed by atoms with Crippen LogP contribution in [0.5, 0.6) is 5.75 Å². The quantitative estimate of drug-likeness (QED) is 0.757. The monoisotopic (exact) mass is 198 g/mol. The first kappa shape index (κ1) is 10.1. The Labute approximate surface area is 82.4 Å². The van der Waals surface area contributed by atoms with E-state index in [9.17, 15) is 5.11 Å². The van der Waals surface area contributed by atoms with Gasteiger partial charge in [-0.2, -0.15) is 0 Å². The number of hydrogen-bond acceptors (Lipinski definition) is 2. The van der Waals surface area contributed by atoms with Gasteiger partial charge < -0.3 is 9.84 Å². The van der Waals surface area contributed by atoms with E-state index in [4.69, 9.17) is 16.3 Å². The van der Waals surface area contributed by atoms with Gasteiger partial charge in [-0.3, -0.25) is 0 Å². The first-order valence-corrected chi connectivity index (χ1v) is 4.20. The normalized spacial score (nSPS) is 12.2. The van der Waals surface area contributed by atoms with Crippen LogP contribution in [-0.4, -0.2) is 12.2 Å². The zero-order chi connectivity index (χ0) is 9.84. The summed E-state index contributed by atoms with van der Waals surface area (Å²) in [7, 11) is 1.55. The standard InChI is InChI=1S/C10H11ClO2/c1-3-10(12)7-4-8(11)6-9(5-7)13-2/h3-6,10,12H,1H2,2H3. The molecule has 0 heterocycles. The molecule has 0 fully saturated rings. The average Bonchev–Trinajstić information content (AvgIpc) is 2.15. The average molecular weight is 199 g/mol. The molecule has 0 amide bonds. The number of hydrogen-bond donors (Lipinski definition) is 1. The van der Waals surface area contributed by atoms with E-state index in [-0.39, 0.29) is 0 Å². The molecule has 1 rings (SSSR count). The molecule has 1 atom stereocenters. The van der Waals surface area contributed by atoms with Crippen molar-refractivity contribution in [2.45, 2.75) is 6.10 Å². The molecule has 0 saturated carbocycles. The van der Waals surface area contributed by atoms with Crippen LogP contribution in [-0.2, 0) is 0 Å². The van der Waals surface area contributed by atoms with Crippen LogP contribution in [0.15, 0.2) is 30.9 Å². The molecular weight excluding hydrogens is 188 g/mol. The van der Waals surface area contributed by atoms with E-state index in [1.807, 2.05) is 0 Å². The number of benzene rings is 1. The Morgan fingerprint density at radius 3 is 2.77 bits per heavy atom. The number of methoxy groups -OCH3 is 1. The Morgan fingerprint density at radius 1 is 1.54 bits per heavy atom. The van der Waals surface area contributed by atoms with E-state index < -0.39 is 6.10 Å². The molecule has 0 aromatic heterocycles. The lowest BCUT2D eigenvalue weighted by molar-refractivity contribution is 0.228. The lowest BCUT2D eigenvalue weighted by atomic mass is 10.1. The maximum atomic E-state index is 9.44. The fourth-order valence-electron chi connectivity index (χ4n) is 1.01. The van der Waals surface area contributed by atoms with Gasteiger partial charge in [0.15, 0.2) is 0 Å². The molecule has 0 radical (unpaired) electrons. The minimum Gasteiger partial charge on any atom is -0.497 e. The number of ether oxygens (including phenoxy) is 1. The van der Waals surface area contributed by atoms with Gasteiger partial charge in [-0.1, -0.05) is 17.7 Å². The van der Waals surface area contributed by atoms with Crippen LogP contribution in [0.3, 0.4) is 0 Å². The minimum absolute atomic E-state index is 0.537. The summed E-state index contributed by atoms with van der Waals surface area (Å²) >= 11 is 5.80. The fourth-order valence-corrected chi connectivity index (χ4v) is 1.24. The Kier molecular flexibility index (Phi) is 3.34. The highest BCUT2D eigenvalue weighted by molar-refractivity contribution is 6.30. The SMILES string of the molecule is C=CC(O)c1cc(Cl)cc(OC)c1. The molecule has 1 aromatic carbocycles. The third-order valence-corrected chi connectivity index (χ3v) is 1.91. The molecule has 0 bridgehead atoms. The van der Waals surface area contributed by atoms with Gasteiger partial charge in [0, 0.05) is 5.02 Å². The summed E-state index contributed by atoms with van der Waals surface area (Å²) in [6.45, 7) is 3.49. The van der Waals surface area contributed by atoms with Crippen molar-refractivity contribution in [3.05, 3.63) is 41.4 Å². The third kappa shape index (κ3) is 2.47. The van der Waals surface area contributed by atoms with Gasteiger partial charge in [-0.05, 0) is 23.8 Å². The molecule has 3 heteroatoms. The summed E-state index contributed by atoms with van der Waals surface area (Å²) in [6.07, 6.45) is 0.734. The summed E-state index contributed by atoms with van der Waals surface area (Å²) in [5.74, 6) is 0.628. The Bertz CT molecular complexity index is 310. The minimum atomic E-state index is -0.701. The number of aliphatic hydroxyl groups excluding tert-OH is 1. The Balaban J connectivity index is 3.07. The summed E-state index contributed by atoms with van der Waals surface area (Å²) < 4.78 is 5.00. The van der Waals surface area contributed by atoms with E-state index in [1.54, 1.807) is 25.3 Å². The molecule has 70 valence electrons. The van der Waals surface area contributed by atoms with Gasteiger partial charge in [0.05, 0.1) is 13.2 Å². The molecule has 0 aliphatic carbocycles.